The zero-order valence-electron chi connectivity index (χ0n) is 10.6. The number of hydrogen-bond acceptors (Lipinski definition) is 3. The normalized spacial score (nSPS) is 11.2. The highest BCUT2D eigenvalue weighted by atomic mass is 16.1. The molecule has 2 aromatic heterocycles. The summed E-state index contributed by atoms with van der Waals surface area (Å²) in [5.74, 6) is 0. The average molecular weight is 258 g/mol. The lowest BCUT2D eigenvalue weighted by atomic mass is 10.0. The van der Waals surface area contributed by atoms with Crippen LogP contribution < -0.4 is 0 Å². The molecule has 94 valence electrons. The number of aromatic nitrogens is 2. The minimum absolute atomic E-state index is 0.464. The molecule has 0 atom stereocenters. The lowest BCUT2D eigenvalue weighted by Gasteiger charge is -2.07. The van der Waals surface area contributed by atoms with Crippen molar-refractivity contribution in [2.75, 3.05) is 0 Å². The van der Waals surface area contributed by atoms with E-state index in [1.807, 2.05) is 54.7 Å². The van der Waals surface area contributed by atoms with Gasteiger partial charge in [-0.3, -0.25) is 9.78 Å². The average Bonchev–Trinajstić information content (AvgIpc) is 2.53. The van der Waals surface area contributed by atoms with Crippen molar-refractivity contribution < 1.29 is 4.79 Å². The van der Waals surface area contributed by atoms with Crippen LogP contribution in [-0.2, 0) is 0 Å². The van der Waals surface area contributed by atoms with Crippen molar-refractivity contribution in [3.8, 4) is 0 Å². The Morgan fingerprint density at radius 3 is 2.30 bits per heavy atom. The van der Waals surface area contributed by atoms with Crippen molar-refractivity contribution in [3.63, 3.8) is 0 Å². The molecule has 3 heteroatoms. The van der Waals surface area contributed by atoms with Crippen LogP contribution in [0.25, 0.3) is 32.6 Å². The third-order valence-electron chi connectivity index (χ3n) is 3.57. The largest absolute Gasteiger partial charge is 0.296 e. The number of aldehydes is 1. The first kappa shape index (κ1) is 11.1. The quantitative estimate of drug-likeness (QED) is 0.386. The molecule has 0 unspecified atom stereocenters. The number of carbonyl (C=O) groups excluding carboxylic acids is 1. The van der Waals surface area contributed by atoms with Gasteiger partial charge in [-0.2, -0.15) is 0 Å². The Kier molecular flexibility index (Phi) is 2.27. The zero-order chi connectivity index (χ0) is 13.5. The van der Waals surface area contributed by atoms with Crippen LogP contribution in [0.15, 0.2) is 54.7 Å². The van der Waals surface area contributed by atoms with E-state index >= 15 is 0 Å². The second-order valence-corrected chi connectivity index (χ2v) is 4.70. The maximum Gasteiger partial charge on any atom is 0.169 e. The van der Waals surface area contributed by atoms with Crippen molar-refractivity contribution in [1.29, 1.82) is 0 Å². The SMILES string of the molecule is O=Cc1nc2c3ccccc3cnc2c2ccccc12. The molecule has 0 saturated carbocycles. The van der Waals surface area contributed by atoms with Crippen LogP contribution >= 0.6 is 0 Å². The first-order valence-electron chi connectivity index (χ1n) is 6.40. The van der Waals surface area contributed by atoms with E-state index in [1.54, 1.807) is 0 Å². The number of pyridine rings is 2. The smallest absolute Gasteiger partial charge is 0.169 e. The summed E-state index contributed by atoms with van der Waals surface area (Å²) in [6, 6.07) is 15.7. The molecule has 20 heavy (non-hydrogen) atoms. The summed E-state index contributed by atoms with van der Waals surface area (Å²) in [6.45, 7) is 0. The van der Waals surface area contributed by atoms with Gasteiger partial charge in [0.1, 0.15) is 5.69 Å². The summed E-state index contributed by atoms with van der Waals surface area (Å²) < 4.78 is 0. The van der Waals surface area contributed by atoms with Crippen molar-refractivity contribution >= 4 is 38.9 Å². The molecule has 0 bridgehead atoms. The van der Waals surface area contributed by atoms with Crippen LogP contribution in [0, 0.1) is 0 Å². The molecule has 0 radical (unpaired) electrons. The third-order valence-corrected chi connectivity index (χ3v) is 3.57. The number of carbonyl (C=O) groups is 1. The topological polar surface area (TPSA) is 42.9 Å². The Bertz CT molecular complexity index is 976. The Morgan fingerprint density at radius 2 is 1.50 bits per heavy atom. The molecule has 3 nitrogen and oxygen atoms in total. The van der Waals surface area contributed by atoms with E-state index in [4.69, 9.17) is 0 Å². The molecule has 2 heterocycles. The summed E-state index contributed by atoms with van der Waals surface area (Å²) in [5, 5.41) is 3.86. The van der Waals surface area contributed by atoms with Crippen LogP contribution in [0.3, 0.4) is 0 Å². The van der Waals surface area contributed by atoms with Crippen molar-refractivity contribution in [2.24, 2.45) is 0 Å². The summed E-state index contributed by atoms with van der Waals surface area (Å²) in [7, 11) is 0. The zero-order valence-corrected chi connectivity index (χ0v) is 10.6. The first-order valence-corrected chi connectivity index (χ1v) is 6.40. The summed E-state index contributed by atoms with van der Waals surface area (Å²) in [5.41, 5.74) is 2.08. The van der Waals surface area contributed by atoms with E-state index in [2.05, 4.69) is 9.97 Å². The molecular weight excluding hydrogens is 248 g/mol. The standard InChI is InChI=1S/C17H10N2O/c20-10-15-13-7-3-4-8-14(13)16-17(19-15)12-6-2-1-5-11(12)9-18-16/h1-10H. The van der Waals surface area contributed by atoms with Gasteiger partial charge in [0, 0.05) is 27.7 Å². The third kappa shape index (κ3) is 1.43. The van der Waals surface area contributed by atoms with E-state index in [1.165, 1.54) is 0 Å². The molecule has 0 aliphatic heterocycles. The van der Waals surface area contributed by atoms with Gasteiger partial charge in [-0.05, 0) is 0 Å². The Balaban J connectivity index is 2.34. The van der Waals surface area contributed by atoms with Gasteiger partial charge in [-0.1, -0.05) is 48.5 Å². The molecule has 2 aromatic carbocycles. The van der Waals surface area contributed by atoms with Crippen molar-refractivity contribution in [2.45, 2.75) is 0 Å². The fourth-order valence-corrected chi connectivity index (χ4v) is 2.64. The number of hydrogen-bond donors (Lipinski definition) is 0. The maximum atomic E-state index is 11.3. The van der Waals surface area contributed by atoms with Gasteiger partial charge in [0.2, 0.25) is 0 Å². The maximum absolute atomic E-state index is 11.3. The van der Waals surface area contributed by atoms with Gasteiger partial charge in [-0.15, -0.1) is 0 Å². The molecule has 0 fully saturated rings. The molecule has 0 aliphatic carbocycles. The summed E-state index contributed by atoms with van der Waals surface area (Å²) in [4.78, 5) is 20.4. The van der Waals surface area contributed by atoms with E-state index in [-0.39, 0.29) is 0 Å². The van der Waals surface area contributed by atoms with Gasteiger partial charge in [0.25, 0.3) is 0 Å². The van der Waals surface area contributed by atoms with Gasteiger partial charge in [0.15, 0.2) is 6.29 Å². The van der Waals surface area contributed by atoms with Gasteiger partial charge >= 0.3 is 0 Å². The fourth-order valence-electron chi connectivity index (χ4n) is 2.64. The lowest BCUT2D eigenvalue weighted by Crippen LogP contribution is -1.94. The molecule has 4 rings (SSSR count). The highest BCUT2D eigenvalue weighted by Gasteiger charge is 2.10. The minimum atomic E-state index is 0.464. The highest BCUT2D eigenvalue weighted by Crippen LogP contribution is 2.28. The molecule has 0 saturated heterocycles. The van der Waals surface area contributed by atoms with Crippen LogP contribution in [0.5, 0.6) is 0 Å². The first-order chi connectivity index (χ1) is 9.88. The molecular formula is C17H10N2O. The number of fused-ring (bicyclic) bond motifs is 5. The predicted molar refractivity (Wildman–Crippen MR) is 79.9 cm³/mol. The van der Waals surface area contributed by atoms with E-state index in [0.717, 1.165) is 38.9 Å². The van der Waals surface area contributed by atoms with Crippen LogP contribution in [-0.4, -0.2) is 16.3 Å². The van der Waals surface area contributed by atoms with Crippen molar-refractivity contribution in [3.05, 3.63) is 60.4 Å². The summed E-state index contributed by atoms with van der Waals surface area (Å²) in [6.07, 6.45) is 2.66. The Morgan fingerprint density at radius 1 is 0.800 bits per heavy atom. The van der Waals surface area contributed by atoms with E-state index in [9.17, 15) is 4.79 Å². The Labute approximate surface area is 114 Å². The van der Waals surface area contributed by atoms with Crippen molar-refractivity contribution in [1.82, 2.24) is 9.97 Å². The predicted octanol–water partition coefficient (Wildman–Crippen LogP) is 3.75. The number of benzene rings is 2. The van der Waals surface area contributed by atoms with Gasteiger partial charge < -0.3 is 0 Å². The highest BCUT2D eigenvalue weighted by molar-refractivity contribution is 6.15. The van der Waals surface area contributed by atoms with Gasteiger partial charge in [0.05, 0.1) is 11.0 Å². The molecule has 0 aliphatic rings. The second kappa shape index (κ2) is 4.10. The minimum Gasteiger partial charge on any atom is -0.296 e. The molecule has 0 amide bonds. The lowest BCUT2D eigenvalue weighted by molar-refractivity contribution is 0.112. The van der Waals surface area contributed by atoms with Gasteiger partial charge in [-0.25, -0.2) is 4.98 Å². The number of nitrogens with zero attached hydrogens (tertiary/aromatic N) is 2. The van der Waals surface area contributed by atoms with E-state index in [0.29, 0.717) is 5.69 Å². The van der Waals surface area contributed by atoms with Crippen LogP contribution in [0.4, 0.5) is 0 Å². The Hall–Kier alpha value is -2.81. The molecule has 0 N–H and O–H groups in total. The van der Waals surface area contributed by atoms with Crippen LogP contribution in [0.2, 0.25) is 0 Å². The number of rotatable bonds is 1. The summed E-state index contributed by atoms with van der Waals surface area (Å²) >= 11 is 0. The monoisotopic (exact) mass is 258 g/mol. The fraction of sp³-hybridized carbons (Fsp3) is 0. The molecule has 4 aromatic rings. The van der Waals surface area contributed by atoms with Crippen LogP contribution in [0.1, 0.15) is 10.5 Å². The second-order valence-electron chi connectivity index (χ2n) is 4.70. The molecule has 0 spiro atoms. The van der Waals surface area contributed by atoms with E-state index < -0.39 is 0 Å².